The van der Waals surface area contributed by atoms with Gasteiger partial charge in [-0.2, -0.15) is 0 Å². The minimum absolute atomic E-state index is 0.0518. The summed E-state index contributed by atoms with van der Waals surface area (Å²) in [5, 5.41) is 0. The molecule has 0 amide bonds. The molecule has 13 heavy (non-hydrogen) atoms. The second kappa shape index (κ2) is 6.86. The molecule has 0 radical (unpaired) electrons. The van der Waals surface area contributed by atoms with Gasteiger partial charge in [-0.3, -0.25) is 4.79 Å². The molecule has 4 nitrogen and oxygen atoms in total. The van der Waals surface area contributed by atoms with E-state index in [2.05, 4.69) is 11.7 Å². The van der Waals surface area contributed by atoms with Crippen molar-refractivity contribution >= 4 is 5.97 Å². The van der Waals surface area contributed by atoms with Crippen molar-refractivity contribution in [2.24, 2.45) is 5.73 Å². The number of nitrogens with two attached hydrogens (primary N) is 1. The van der Waals surface area contributed by atoms with Crippen LogP contribution in [0, 0.1) is 0 Å². The molecule has 0 saturated heterocycles. The van der Waals surface area contributed by atoms with Gasteiger partial charge >= 0.3 is 5.97 Å². The lowest BCUT2D eigenvalue weighted by Crippen LogP contribution is -2.38. The number of hydrogen-bond donors (Lipinski definition) is 1. The molecule has 0 rings (SSSR count). The van der Waals surface area contributed by atoms with Gasteiger partial charge in [0.2, 0.25) is 0 Å². The number of carbonyl (C=O) groups excluding carboxylic acids is 1. The van der Waals surface area contributed by atoms with E-state index >= 15 is 0 Å². The third-order valence-electron chi connectivity index (χ3n) is 1.98. The molecule has 0 aromatic heterocycles. The molecular formula is C9H19NO3. The first kappa shape index (κ1) is 12.4. The Labute approximate surface area is 79.4 Å². The third kappa shape index (κ3) is 4.85. The summed E-state index contributed by atoms with van der Waals surface area (Å²) < 4.78 is 9.68. The molecule has 0 aliphatic heterocycles. The normalized spacial score (nSPS) is 15.1. The van der Waals surface area contributed by atoms with Gasteiger partial charge in [-0.25, -0.2) is 0 Å². The quantitative estimate of drug-likeness (QED) is 0.624. The molecular weight excluding hydrogens is 170 g/mol. The average molecular weight is 189 g/mol. The SMILES string of the molecule is CCCC(OC)C(N)CC(=O)OC. The van der Waals surface area contributed by atoms with E-state index in [1.165, 1.54) is 7.11 Å². The summed E-state index contributed by atoms with van der Waals surface area (Å²) in [5.41, 5.74) is 5.77. The first-order chi connectivity index (χ1) is 6.15. The van der Waals surface area contributed by atoms with E-state index in [1.807, 2.05) is 0 Å². The van der Waals surface area contributed by atoms with Crippen LogP contribution in [0.3, 0.4) is 0 Å². The molecule has 0 saturated carbocycles. The lowest BCUT2D eigenvalue weighted by Gasteiger charge is -2.20. The van der Waals surface area contributed by atoms with Crippen LogP contribution in [0.15, 0.2) is 0 Å². The van der Waals surface area contributed by atoms with Crippen molar-refractivity contribution in [3.05, 3.63) is 0 Å². The van der Waals surface area contributed by atoms with Gasteiger partial charge in [0, 0.05) is 13.2 Å². The largest absolute Gasteiger partial charge is 0.469 e. The minimum atomic E-state index is -0.286. The van der Waals surface area contributed by atoms with Crippen molar-refractivity contribution in [3.63, 3.8) is 0 Å². The van der Waals surface area contributed by atoms with E-state index in [1.54, 1.807) is 7.11 Å². The Bertz CT molecular complexity index is 150. The Balaban J connectivity index is 3.89. The zero-order valence-electron chi connectivity index (χ0n) is 8.58. The van der Waals surface area contributed by atoms with Gasteiger partial charge < -0.3 is 15.2 Å². The maximum Gasteiger partial charge on any atom is 0.307 e. The highest BCUT2D eigenvalue weighted by molar-refractivity contribution is 5.69. The molecule has 0 aliphatic rings. The molecule has 0 aliphatic carbocycles. The molecule has 4 heteroatoms. The topological polar surface area (TPSA) is 61.5 Å². The zero-order valence-corrected chi connectivity index (χ0v) is 8.58. The molecule has 2 N–H and O–H groups in total. The van der Waals surface area contributed by atoms with Crippen molar-refractivity contribution in [1.29, 1.82) is 0 Å². The Morgan fingerprint density at radius 3 is 2.46 bits per heavy atom. The zero-order chi connectivity index (χ0) is 10.3. The van der Waals surface area contributed by atoms with Crippen molar-refractivity contribution in [3.8, 4) is 0 Å². The summed E-state index contributed by atoms with van der Waals surface area (Å²) in [6, 6.07) is -0.266. The highest BCUT2D eigenvalue weighted by Crippen LogP contribution is 2.08. The summed E-state index contributed by atoms with van der Waals surface area (Å²) >= 11 is 0. The third-order valence-corrected chi connectivity index (χ3v) is 1.98. The Morgan fingerprint density at radius 1 is 1.46 bits per heavy atom. The number of carbonyl (C=O) groups is 1. The molecule has 0 fully saturated rings. The molecule has 0 heterocycles. The van der Waals surface area contributed by atoms with Crippen LogP contribution >= 0.6 is 0 Å². The fraction of sp³-hybridized carbons (Fsp3) is 0.889. The van der Waals surface area contributed by atoms with Gasteiger partial charge in [-0.05, 0) is 6.42 Å². The summed E-state index contributed by atoms with van der Waals surface area (Å²) in [5.74, 6) is -0.286. The number of esters is 1. The monoisotopic (exact) mass is 189 g/mol. The minimum Gasteiger partial charge on any atom is -0.469 e. The standard InChI is InChI=1S/C9H19NO3/c1-4-5-8(12-2)7(10)6-9(11)13-3/h7-8H,4-6,10H2,1-3H3. The van der Waals surface area contributed by atoms with Crippen LogP contribution in [0.4, 0.5) is 0 Å². The predicted molar refractivity (Wildman–Crippen MR) is 50.3 cm³/mol. The number of ether oxygens (including phenoxy) is 2. The van der Waals surface area contributed by atoms with Crippen LogP contribution < -0.4 is 5.73 Å². The smallest absolute Gasteiger partial charge is 0.307 e. The summed E-state index contributed by atoms with van der Waals surface area (Å²) in [7, 11) is 2.97. The van der Waals surface area contributed by atoms with E-state index in [9.17, 15) is 4.79 Å². The maximum absolute atomic E-state index is 10.9. The van der Waals surface area contributed by atoms with E-state index in [0.29, 0.717) is 0 Å². The lowest BCUT2D eigenvalue weighted by atomic mass is 10.0. The van der Waals surface area contributed by atoms with Gasteiger partial charge in [0.1, 0.15) is 0 Å². The van der Waals surface area contributed by atoms with Crippen LogP contribution in [0.2, 0.25) is 0 Å². The highest BCUT2D eigenvalue weighted by Gasteiger charge is 2.19. The molecule has 78 valence electrons. The fourth-order valence-electron chi connectivity index (χ4n) is 1.20. The number of hydrogen-bond acceptors (Lipinski definition) is 4. The molecule has 2 unspecified atom stereocenters. The molecule has 2 atom stereocenters. The van der Waals surface area contributed by atoms with Crippen molar-refractivity contribution in [2.75, 3.05) is 14.2 Å². The van der Waals surface area contributed by atoms with Crippen molar-refractivity contribution < 1.29 is 14.3 Å². The predicted octanol–water partition coefficient (Wildman–Crippen LogP) is 0.692. The molecule has 0 aromatic rings. The lowest BCUT2D eigenvalue weighted by molar-refractivity contribution is -0.141. The molecule has 0 bridgehead atoms. The van der Waals surface area contributed by atoms with Gasteiger partial charge in [0.15, 0.2) is 0 Å². The van der Waals surface area contributed by atoms with E-state index in [4.69, 9.17) is 10.5 Å². The second-order valence-electron chi connectivity index (χ2n) is 3.01. The van der Waals surface area contributed by atoms with Gasteiger partial charge in [-0.1, -0.05) is 13.3 Å². The molecule has 0 spiro atoms. The first-order valence-corrected chi connectivity index (χ1v) is 4.50. The highest BCUT2D eigenvalue weighted by atomic mass is 16.5. The van der Waals surface area contributed by atoms with Crippen LogP contribution in [-0.4, -0.2) is 32.3 Å². The fourth-order valence-corrected chi connectivity index (χ4v) is 1.20. The Kier molecular flexibility index (Phi) is 6.54. The van der Waals surface area contributed by atoms with Crippen LogP contribution in [0.5, 0.6) is 0 Å². The summed E-state index contributed by atoms with van der Waals surface area (Å²) in [4.78, 5) is 10.9. The average Bonchev–Trinajstić information content (AvgIpc) is 2.13. The van der Waals surface area contributed by atoms with Gasteiger partial charge in [-0.15, -0.1) is 0 Å². The van der Waals surface area contributed by atoms with Crippen LogP contribution in [0.1, 0.15) is 26.2 Å². The van der Waals surface area contributed by atoms with Crippen LogP contribution in [-0.2, 0) is 14.3 Å². The van der Waals surface area contributed by atoms with Gasteiger partial charge in [0.05, 0.1) is 19.6 Å². The van der Waals surface area contributed by atoms with E-state index < -0.39 is 0 Å². The number of rotatable bonds is 6. The molecule has 0 aromatic carbocycles. The van der Waals surface area contributed by atoms with Gasteiger partial charge in [0.25, 0.3) is 0 Å². The van der Waals surface area contributed by atoms with Crippen molar-refractivity contribution in [2.45, 2.75) is 38.3 Å². The summed E-state index contributed by atoms with van der Waals surface area (Å²) in [6.07, 6.45) is 2.03. The van der Waals surface area contributed by atoms with Crippen molar-refractivity contribution in [1.82, 2.24) is 0 Å². The Morgan fingerprint density at radius 2 is 2.08 bits per heavy atom. The van der Waals surface area contributed by atoms with Crippen LogP contribution in [0.25, 0.3) is 0 Å². The first-order valence-electron chi connectivity index (χ1n) is 4.50. The Hall–Kier alpha value is -0.610. The maximum atomic E-state index is 10.9. The van der Waals surface area contributed by atoms with E-state index in [-0.39, 0.29) is 24.5 Å². The van der Waals surface area contributed by atoms with E-state index in [0.717, 1.165) is 12.8 Å². The summed E-state index contributed by atoms with van der Waals surface area (Å²) in [6.45, 7) is 2.05. The number of methoxy groups -OCH3 is 2. The second-order valence-corrected chi connectivity index (χ2v) is 3.01.